The van der Waals surface area contributed by atoms with Gasteiger partial charge in [0.1, 0.15) is 6.33 Å². The second-order valence-corrected chi connectivity index (χ2v) is 7.48. The van der Waals surface area contributed by atoms with E-state index in [4.69, 9.17) is 11.6 Å². The molecule has 1 saturated heterocycles. The zero-order chi connectivity index (χ0) is 21.1. The molecule has 0 spiro atoms. The number of benzene rings is 2. The molecule has 1 fully saturated rings. The number of aryl methyl sites for hydroxylation is 1. The lowest BCUT2D eigenvalue weighted by Gasteiger charge is -2.36. The smallest absolute Gasteiger partial charge is 0.353 e. The van der Waals surface area contributed by atoms with E-state index < -0.39 is 4.92 Å². The number of nitro groups is 1. The lowest BCUT2D eigenvalue weighted by molar-refractivity contribution is -0.383. The number of aromatic nitrogens is 2. The molecule has 2 heterocycles. The summed E-state index contributed by atoms with van der Waals surface area (Å²) in [5.41, 5.74) is 2.68. The van der Waals surface area contributed by atoms with Gasteiger partial charge >= 0.3 is 5.69 Å². The SMILES string of the molecule is Cc1ccccc1Nc1ncnc(N2CCN(c3cccc(Cl)c3)CC2)c1[N+](=O)[O-]. The number of hydrogen-bond donors (Lipinski definition) is 1. The molecule has 4 rings (SSSR count). The molecule has 0 aliphatic carbocycles. The molecule has 30 heavy (non-hydrogen) atoms. The Kier molecular flexibility index (Phi) is 5.67. The largest absolute Gasteiger partial charge is 0.368 e. The summed E-state index contributed by atoms with van der Waals surface area (Å²) in [6.07, 6.45) is 1.37. The number of halogens is 1. The molecule has 1 aromatic heterocycles. The van der Waals surface area contributed by atoms with Crippen molar-refractivity contribution in [3.8, 4) is 0 Å². The van der Waals surface area contributed by atoms with E-state index in [0.717, 1.165) is 16.9 Å². The summed E-state index contributed by atoms with van der Waals surface area (Å²) in [7, 11) is 0. The van der Waals surface area contributed by atoms with Gasteiger partial charge in [0.05, 0.1) is 4.92 Å². The third kappa shape index (κ3) is 4.13. The molecule has 0 bridgehead atoms. The molecule has 0 amide bonds. The molecular weight excluding hydrogens is 404 g/mol. The van der Waals surface area contributed by atoms with Crippen LogP contribution in [-0.4, -0.2) is 41.1 Å². The van der Waals surface area contributed by atoms with Crippen LogP contribution in [0.2, 0.25) is 5.02 Å². The Labute approximate surface area is 179 Å². The minimum Gasteiger partial charge on any atom is -0.368 e. The zero-order valence-electron chi connectivity index (χ0n) is 16.5. The van der Waals surface area contributed by atoms with E-state index in [9.17, 15) is 10.1 Å². The van der Waals surface area contributed by atoms with Crippen LogP contribution in [0.25, 0.3) is 0 Å². The van der Waals surface area contributed by atoms with Crippen LogP contribution in [0, 0.1) is 17.0 Å². The van der Waals surface area contributed by atoms with Gasteiger partial charge in [0.15, 0.2) is 0 Å². The van der Waals surface area contributed by atoms with Gasteiger partial charge in [0.2, 0.25) is 11.6 Å². The van der Waals surface area contributed by atoms with Crippen LogP contribution < -0.4 is 15.1 Å². The van der Waals surface area contributed by atoms with E-state index in [1.165, 1.54) is 6.33 Å². The molecular formula is C21H21ClN6O2. The second-order valence-electron chi connectivity index (χ2n) is 7.05. The molecule has 8 nitrogen and oxygen atoms in total. The monoisotopic (exact) mass is 424 g/mol. The first-order chi connectivity index (χ1) is 14.5. The lowest BCUT2D eigenvalue weighted by atomic mass is 10.2. The van der Waals surface area contributed by atoms with E-state index in [0.29, 0.717) is 37.0 Å². The summed E-state index contributed by atoms with van der Waals surface area (Å²) >= 11 is 6.10. The van der Waals surface area contributed by atoms with Crippen molar-refractivity contribution in [2.45, 2.75) is 6.92 Å². The molecule has 154 valence electrons. The van der Waals surface area contributed by atoms with E-state index in [-0.39, 0.29) is 11.5 Å². The summed E-state index contributed by atoms with van der Waals surface area (Å²) in [6, 6.07) is 15.3. The van der Waals surface area contributed by atoms with E-state index in [1.54, 1.807) is 0 Å². The van der Waals surface area contributed by atoms with Crippen LogP contribution in [0.1, 0.15) is 5.56 Å². The second kappa shape index (κ2) is 8.54. The normalized spacial score (nSPS) is 13.9. The minimum absolute atomic E-state index is 0.114. The Morgan fingerprint density at radius 3 is 2.47 bits per heavy atom. The fourth-order valence-corrected chi connectivity index (χ4v) is 3.74. The molecule has 9 heteroatoms. The maximum absolute atomic E-state index is 11.9. The molecule has 3 aromatic rings. The van der Waals surface area contributed by atoms with Crippen LogP contribution in [0.15, 0.2) is 54.9 Å². The third-order valence-corrected chi connectivity index (χ3v) is 5.37. The Morgan fingerprint density at radius 1 is 1.03 bits per heavy atom. The average molecular weight is 425 g/mol. The average Bonchev–Trinajstić information content (AvgIpc) is 2.75. The first-order valence-electron chi connectivity index (χ1n) is 9.60. The fraction of sp³-hybridized carbons (Fsp3) is 0.238. The maximum atomic E-state index is 11.9. The minimum atomic E-state index is -0.417. The highest BCUT2D eigenvalue weighted by atomic mass is 35.5. The number of anilines is 4. The highest BCUT2D eigenvalue weighted by Gasteiger charge is 2.29. The van der Waals surface area contributed by atoms with Gasteiger partial charge in [0.25, 0.3) is 0 Å². The molecule has 1 N–H and O–H groups in total. The maximum Gasteiger partial charge on any atom is 0.353 e. The van der Waals surface area contributed by atoms with Crippen molar-refractivity contribution in [2.75, 3.05) is 41.3 Å². The van der Waals surface area contributed by atoms with E-state index >= 15 is 0 Å². The summed E-state index contributed by atoms with van der Waals surface area (Å²) in [5, 5.41) is 15.7. The Balaban J connectivity index is 1.57. The van der Waals surface area contributed by atoms with Crippen molar-refractivity contribution in [2.24, 2.45) is 0 Å². The van der Waals surface area contributed by atoms with Gasteiger partial charge in [-0.05, 0) is 36.8 Å². The van der Waals surface area contributed by atoms with Crippen LogP contribution in [0.4, 0.5) is 28.7 Å². The van der Waals surface area contributed by atoms with Crippen molar-refractivity contribution < 1.29 is 4.92 Å². The van der Waals surface area contributed by atoms with Gasteiger partial charge in [-0.1, -0.05) is 35.9 Å². The first kappa shape index (κ1) is 19.9. The number of nitrogens with zero attached hydrogens (tertiary/aromatic N) is 5. The molecule has 0 saturated carbocycles. The number of para-hydroxylation sites is 1. The summed E-state index contributed by atoms with van der Waals surface area (Å²) in [5.74, 6) is 0.522. The number of hydrogen-bond acceptors (Lipinski definition) is 7. The summed E-state index contributed by atoms with van der Waals surface area (Å²) in [4.78, 5) is 24.0. The Bertz CT molecular complexity index is 1070. The predicted octanol–water partition coefficient (Wildman–Crippen LogP) is 4.42. The highest BCUT2D eigenvalue weighted by molar-refractivity contribution is 6.30. The zero-order valence-corrected chi connectivity index (χ0v) is 17.2. The number of nitrogens with one attached hydrogen (secondary N) is 1. The van der Waals surface area contributed by atoms with Gasteiger partial charge in [-0.15, -0.1) is 0 Å². The predicted molar refractivity (Wildman–Crippen MR) is 119 cm³/mol. The highest BCUT2D eigenvalue weighted by Crippen LogP contribution is 2.35. The summed E-state index contributed by atoms with van der Waals surface area (Å²) < 4.78 is 0. The van der Waals surface area contributed by atoms with Crippen molar-refractivity contribution >= 4 is 40.3 Å². The molecule has 1 aliphatic rings. The molecule has 1 aliphatic heterocycles. The van der Waals surface area contributed by atoms with Crippen LogP contribution >= 0.6 is 11.6 Å². The van der Waals surface area contributed by atoms with E-state index in [1.807, 2.05) is 60.4 Å². The van der Waals surface area contributed by atoms with Crippen molar-refractivity contribution in [3.05, 3.63) is 75.6 Å². The van der Waals surface area contributed by atoms with Gasteiger partial charge in [0, 0.05) is 42.6 Å². The fourth-order valence-electron chi connectivity index (χ4n) is 3.55. The van der Waals surface area contributed by atoms with Crippen LogP contribution in [0.5, 0.6) is 0 Å². The van der Waals surface area contributed by atoms with Crippen molar-refractivity contribution in [3.63, 3.8) is 0 Å². The molecule has 0 radical (unpaired) electrons. The molecule has 2 aromatic carbocycles. The first-order valence-corrected chi connectivity index (χ1v) is 9.98. The van der Waals surface area contributed by atoms with Gasteiger partial charge < -0.3 is 15.1 Å². The summed E-state index contributed by atoms with van der Waals surface area (Å²) in [6.45, 7) is 4.57. The standard InChI is InChI=1S/C21H21ClN6O2/c1-15-5-2-3-8-18(15)25-20-19(28(29)30)21(24-14-23-20)27-11-9-26(10-12-27)17-7-4-6-16(22)13-17/h2-8,13-14H,9-12H2,1H3,(H,23,24,25). The number of piperazine rings is 1. The van der Waals surface area contributed by atoms with Crippen molar-refractivity contribution in [1.29, 1.82) is 0 Å². The van der Waals surface area contributed by atoms with Crippen LogP contribution in [-0.2, 0) is 0 Å². The van der Waals surface area contributed by atoms with Gasteiger partial charge in [-0.3, -0.25) is 10.1 Å². The van der Waals surface area contributed by atoms with Crippen molar-refractivity contribution in [1.82, 2.24) is 9.97 Å². The molecule has 0 unspecified atom stereocenters. The van der Waals surface area contributed by atoms with Gasteiger partial charge in [-0.2, -0.15) is 0 Å². The van der Waals surface area contributed by atoms with Crippen LogP contribution in [0.3, 0.4) is 0 Å². The van der Waals surface area contributed by atoms with E-state index in [2.05, 4.69) is 20.2 Å². The molecule has 0 atom stereocenters. The quantitative estimate of drug-likeness (QED) is 0.479. The Hall–Kier alpha value is -3.39. The third-order valence-electron chi connectivity index (χ3n) is 5.14. The topological polar surface area (TPSA) is 87.4 Å². The Morgan fingerprint density at radius 2 is 1.77 bits per heavy atom. The van der Waals surface area contributed by atoms with Gasteiger partial charge in [-0.25, -0.2) is 9.97 Å². The lowest BCUT2D eigenvalue weighted by Crippen LogP contribution is -2.47. The number of rotatable bonds is 5.